The van der Waals surface area contributed by atoms with E-state index in [9.17, 15) is 4.79 Å². The highest BCUT2D eigenvalue weighted by Gasteiger charge is 2.02. The monoisotopic (exact) mass is 441 g/mol. The predicted octanol–water partition coefficient (Wildman–Crippen LogP) is 8.71. The Hall–Kier alpha value is -2.03. The first-order chi connectivity index (χ1) is 15.7. The number of esters is 1. The zero-order valence-corrected chi connectivity index (χ0v) is 20.9. The summed E-state index contributed by atoms with van der Waals surface area (Å²) in [6.07, 6.45) is 25.0. The van der Waals surface area contributed by atoms with Crippen molar-refractivity contribution in [1.82, 2.24) is 0 Å². The van der Waals surface area contributed by atoms with Gasteiger partial charge < -0.3 is 10.1 Å². The van der Waals surface area contributed by atoms with Crippen molar-refractivity contribution in [3.05, 3.63) is 48.1 Å². The summed E-state index contributed by atoms with van der Waals surface area (Å²) in [5.41, 5.74) is 2.27. The lowest BCUT2D eigenvalue weighted by molar-refractivity contribution is -0.137. The lowest BCUT2D eigenvalue weighted by Gasteiger charge is -2.15. The summed E-state index contributed by atoms with van der Waals surface area (Å²) in [4.78, 5) is 11.3. The summed E-state index contributed by atoms with van der Waals surface area (Å²) in [7, 11) is 0. The second-order valence-electron chi connectivity index (χ2n) is 8.82. The van der Waals surface area contributed by atoms with Crippen LogP contribution in [0.1, 0.15) is 110 Å². The second-order valence-corrected chi connectivity index (χ2v) is 8.82. The molecule has 0 amide bonds. The molecule has 3 nitrogen and oxygen atoms in total. The van der Waals surface area contributed by atoms with Crippen LogP contribution < -0.4 is 5.32 Å². The SMILES string of the molecule is CCCCCCCCCCCCCCC(C)Nc1ccc(/C=C/C=C/C(=O)OCC)cc1. The third kappa shape index (κ3) is 15.7. The molecule has 0 aliphatic heterocycles. The minimum absolute atomic E-state index is 0.307. The third-order valence-corrected chi connectivity index (χ3v) is 5.73. The first-order valence-corrected chi connectivity index (χ1v) is 13.0. The fourth-order valence-corrected chi connectivity index (χ4v) is 3.83. The van der Waals surface area contributed by atoms with Crippen molar-refractivity contribution in [3.63, 3.8) is 0 Å². The number of unbranched alkanes of at least 4 members (excludes halogenated alkanes) is 11. The molecule has 1 aromatic carbocycles. The molecule has 1 aromatic rings. The van der Waals surface area contributed by atoms with Crippen LogP contribution in [-0.2, 0) is 9.53 Å². The number of benzene rings is 1. The van der Waals surface area contributed by atoms with Gasteiger partial charge in [-0.2, -0.15) is 0 Å². The number of allylic oxidation sites excluding steroid dienone is 2. The first kappa shape index (κ1) is 28.0. The summed E-state index contributed by atoms with van der Waals surface area (Å²) in [5, 5.41) is 3.61. The first-order valence-electron chi connectivity index (χ1n) is 13.0. The van der Waals surface area contributed by atoms with E-state index in [4.69, 9.17) is 4.74 Å². The molecule has 1 unspecified atom stereocenters. The van der Waals surface area contributed by atoms with E-state index >= 15 is 0 Å². The van der Waals surface area contributed by atoms with Gasteiger partial charge in [0.1, 0.15) is 0 Å². The lowest BCUT2D eigenvalue weighted by Crippen LogP contribution is -2.14. The number of hydrogen-bond donors (Lipinski definition) is 1. The standard InChI is InChI=1S/C29H47NO2/c1-4-6-7-8-9-10-11-12-13-14-15-16-19-26(3)30-28-24-22-27(23-25-28)20-17-18-21-29(31)32-5-2/h17-18,20-26,30H,4-16,19H2,1-3H3/b20-17+,21-18+. The highest BCUT2D eigenvalue weighted by atomic mass is 16.5. The van der Waals surface area contributed by atoms with E-state index in [1.807, 2.05) is 12.2 Å². The summed E-state index contributed by atoms with van der Waals surface area (Å²) in [6.45, 7) is 6.76. The topological polar surface area (TPSA) is 38.3 Å². The van der Waals surface area contributed by atoms with Crippen molar-refractivity contribution in [2.45, 2.75) is 110 Å². The minimum atomic E-state index is -0.307. The number of nitrogens with one attached hydrogen (secondary N) is 1. The van der Waals surface area contributed by atoms with E-state index in [2.05, 4.69) is 43.4 Å². The fraction of sp³-hybridized carbons (Fsp3) is 0.621. The number of hydrogen-bond acceptors (Lipinski definition) is 3. The largest absolute Gasteiger partial charge is 0.463 e. The van der Waals surface area contributed by atoms with Gasteiger partial charge in [0.2, 0.25) is 0 Å². The summed E-state index contributed by atoms with van der Waals surface area (Å²) in [6, 6.07) is 8.91. The van der Waals surface area contributed by atoms with Gasteiger partial charge >= 0.3 is 5.97 Å². The number of ether oxygens (including phenoxy) is 1. The zero-order valence-electron chi connectivity index (χ0n) is 20.9. The molecule has 0 spiro atoms. The summed E-state index contributed by atoms with van der Waals surface area (Å²) in [5.74, 6) is -0.307. The van der Waals surface area contributed by atoms with Crippen LogP contribution in [-0.4, -0.2) is 18.6 Å². The molecule has 180 valence electrons. The minimum Gasteiger partial charge on any atom is -0.463 e. The average Bonchev–Trinajstić information content (AvgIpc) is 2.79. The molecule has 0 bridgehead atoms. The molecular formula is C29H47NO2. The molecule has 32 heavy (non-hydrogen) atoms. The Morgan fingerprint density at radius 3 is 1.97 bits per heavy atom. The van der Waals surface area contributed by atoms with E-state index in [0.717, 1.165) is 11.3 Å². The predicted molar refractivity (Wildman–Crippen MR) is 140 cm³/mol. The zero-order chi connectivity index (χ0) is 23.3. The Kier molecular flexibility index (Phi) is 17.2. The molecule has 0 heterocycles. The number of anilines is 1. The molecule has 1 N–H and O–H groups in total. The van der Waals surface area contributed by atoms with Gasteiger partial charge in [0.05, 0.1) is 6.61 Å². The number of rotatable bonds is 19. The highest BCUT2D eigenvalue weighted by molar-refractivity contribution is 5.82. The van der Waals surface area contributed by atoms with Crippen LogP contribution in [0.3, 0.4) is 0 Å². The Bertz CT molecular complexity index is 633. The third-order valence-electron chi connectivity index (χ3n) is 5.73. The molecule has 3 heteroatoms. The molecule has 0 fully saturated rings. The van der Waals surface area contributed by atoms with E-state index in [-0.39, 0.29) is 5.97 Å². The Morgan fingerprint density at radius 1 is 0.844 bits per heavy atom. The number of carbonyl (C=O) groups is 1. The summed E-state index contributed by atoms with van der Waals surface area (Å²) >= 11 is 0. The van der Waals surface area contributed by atoms with Crippen molar-refractivity contribution in [3.8, 4) is 0 Å². The van der Waals surface area contributed by atoms with Gasteiger partial charge in [-0.25, -0.2) is 4.79 Å². The van der Waals surface area contributed by atoms with E-state index < -0.39 is 0 Å². The Labute approximate surface area is 197 Å². The molecule has 1 atom stereocenters. The Balaban J connectivity index is 2.08. The molecule has 0 radical (unpaired) electrons. The maximum atomic E-state index is 11.3. The highest BCUT2D eigenvalue weighted by Crippen LogP contribution is 2.16. The van der Waals surface area contributed by atoms with Crippen molar-refractivity contribution in [1.29, 1.82) is 0 Å². The van der Waals surface area contributed by atoms with E-state index in [1.54, 1.807) is 13.0 Å². The van der Waals surface area contributed by atoms with Gasteiger partial charge in [-0.1, -0.05) is 114 Å². The van der Waals surface area contributed by atoms with Crippen LogP contribution in [0.4, 0.5) is 5.69 Å². The van der Waals surface area contributed by atoms with Crippen molar-refractivity contribution in [2.24, 2.45) is 0 Å². The Morgan fingerprint density at radius 2 is 1.41 bits per heavy atom. The van der Waals surface area contributed by atoms with Crippen LogP contribution in [0.2, 0.25) is 0 Å². The van der Waals surface area contributed by atoms with Gasteiger partial charge in [0.25, 0.3) is 0 Å². The van der Waals surface area contributed by atoms with Gasteiger partial charge in [-0.15, -0.1) is 0 Å². The van der Waals surface area contributed by atoms with Crippen LogP contribution in [0.5, 0.6) is 0 Å². The van der Waals surface area contributed by atoms with Gasteiger partial charge in [0, 0.05) is 17.8 Å². The molecule has 0 aromatic heterocycles. The maximum absolute atomic E-state index is 11.3. The normalized spacial score (nSPS) is 12.5. The average molecular weight is 442 g/mol. The molecule has 0 saturated heterocycles. The van der Waals surface area contributed by atoms with Crippen LogP contribution in [0.15, 0.2) is 42.5 Å². The van der Waals surface area contributed by atoms with Crippen molar-refractivity contribution >= 4 is 17.7 Å². The smallest absolute Gasteiger partial charge is 0.330 e. The van der Waals surface area contributed by atoms with Gasteiger partial charge in [-0.3, -0.25) is 0 Å². The van der Waals surface area contributed by atoms with Crippen LogP contribution >= 0.6 is 0 Å². The second kappa shape index (κ2) is 19.6. The molecular weight excluding hydrogens is 394 g/mol. The fourth-order valence-electron chi connectivity index (χ4n) is 3.83. The van der Waals surface area contributed by atoms with Crippen molar-refractivity contribution in [2.75, 3.05) is 11.9 Å². The maximum Gasteiger partial charge on any atom is 0.330 e. The van der Waals surface area contributed by atoms with Crippen molar-refractivity contribution < 1.29 is 9.53 Å². The van der Waals surface area contributed by atoms with Crippen LogP contribution in [0, 0.1) is 0 Å². The van der Waals surface area contributed by atoms with Gasteiger partial charge in [0.15, 0.2) is 0 Å². The van der Waals surface area contributed by atoms with Gasteiger partial charge in [-0.05, 0) is 38.0 Å². The summed E-state index contributed by atoms with van der Waals surface area (Å²) < 4.78 is 4.85. The molecule has 1 rings (SSSR count). The number of carbonyl (C=O) groups excluding carboxylic acids is 1. The lowest BCUT2D eigenvalue weighted by atomic mass is 10.0. The molecule has 0 aliphatic carbocycles. The molecule has 0 aliphatic rings. The van der Waals surface area contributed by atoms with E-state index in [0.29, 0.717) is 12.6 Å². The van der Waals surface area contributed by atoms with Crippen LogP contribution in [0.25, 0.3) is 6.08 Å². The van der Waals surface area contributed by atoms with E-state index in [1.165, 1.54) is 89.5 Å². The molecule has 0 saturated carbocycles. The quantitative estimate of drug-likeness (QED) is 0.101.